The number of hydrogen-bond donors (Lipinski definition) is 1. The minimum atomic E-state index is 0.160. The number of ether oxygens (including phenoxy) is 1. The second-order valence-electron chi connectivity index (χ2n) is 5.22. The lowest BCUT2D eigenvalue weighted by Gasteiger charge is -2.19. The molecule has 1 saturated heterocycles. The molecule has 1 aliphatic heterocycles. The van der Waals surface area contributed by atoms with Gasteiger partial charge in [0.1, 0.15) is 0 Å². The summed E-state index contributed by atoms with van der Waals surface area (Å²) in [5.41, 5.74) is 7.46. The fraction of sp³-hybridized carbons (Fsp3) is 0.600. The van der Waals surface area contributed by atoms with Crippen molar-refractivity contribution in [3.63, 3.8) is 0 Å². The summed E-state index contributed by atoms with van der Waals surface area (Å²) in [6.07, 6.45) is 2.29. The van der Waals surface area contributed by atoms with Gasteiger partial charge in [-0.2, -0.15) is 0 Å². The maximum Gasteiger partial charge on any atom is 0.0503 e. The van der Waals surface area contributed by atoms with Crippen LogP contribution in [0, 0.1) is 5.92 Å². The molecule has 0 bridgehead atoms. The fourth-order valence-electron chi connectivity index (χ4n) is 2.68. The summed E-state index contributed by atoms with van der Waals surface area (Å²) in [6.45, 7) is 4.34. The first-order valence-electron chi connectivity index (χ1n) is 6.81. The molecule has 0 spiro atoms. The third-order valence-electron chi connectivity index (χ3n) is 3.76. The number of nitrogens with two attached hydrogens (primary N) is 1. The number of hydrogen-bond acceptors (Lipinski definition) is 3. The Morgan fingerprint density at radius 3 is 2.89 bits per heavy atom. The Labute approximate surface area is 110 Å². The van der Waals surface area contributed by atoms with Gasteiger partial charge in [0.2, 0.25) is 0 Å². The van der Waals surface area contributed by atoms with Gasteiger partial charge in [0.15, 0.2) is 0 Å². The number of benzene rings is 1. The summed E-state index contributed by atoms with van der Waals surface area (Å²) >= 11 is 0. The molecule has 0 radical (unpaired) electrons. The molecule has 1 aromatic rings. The van der Waals surface area contributed by atoms with Gasteiger partial charge in [0.05, 0.1) is 6.61 Å². The van der Waals surface area contributed by atoms with Gasteiger partial charge in [0, 0.05) is 19.7 Å². The van der Waals surface area contributed by atoms with Crippen LogP contribution in [0.15, 0.2) is 30.3 Å². The van der Waals surface area contributed by atoms with Crippen molar-refractivity contribution in [3.8, 4) is 0 Å². The molecule has 3 nitrogen and oxygen atoms in total. The first-order valence-corrected chi connectivity index (χ1v) is 6.81. The molecule has 0 aromatic heterocycles. The van der Waals surface area contributed by atoms with E-state index in [1.807, 2.05) is 6.07 Å². The van der Waals surface area contributed by atoms with Crippen LogP contribution in [-0.2, 0) is 4.74 Å². The molecule has 1 fully saturated rings. The maximum atomic E-state index is 6.22. The zero-order chi connectivity index (χ0) is 12.8. The van der Waals surface area contributed by atoms with Crippen LogP contribution in [0.5, 0.6) is 0 Å². The molecule has 1 aliphatic rings. The smallest absolute Gasteiger partial charge is 0.0503 e. The summed E-state index contributed by atoms with van der Waals surface area (Å²) in [5.74, 6) is 0.711. The fourth-order valence-corrected chi connectivity index (χ4v) is 2.68. The quantitative estimate of drug-likeness (QED) is 0.837. The molecule has 0 amide bonds. The van der Waals surface area contributed by atoms with E-state index in [9.17, 15) is 0 Å². The van der Waals surface area contributed by atoms with Crippen LogP contribution in [0.25, 0.3) is 0 Å². The van der Waals surface area contributed by atoms with Gasteiger partial charge in [-0.3, -0.25) is 0 Å². The summed E-state index contributed by atoms with van der Waals surface area (Å²) in [5, 5.41) is 0. The van der Waals surface area contributed by atoms with E-state index in [-0.39, 0.29) is 6.04 Å². The second-order valence-corrected chi connectivity index (χ2v) is 5.22. The third-order valence-corrected chi connectivity index (χ3v) is 3.76. The highest BCUT2D eigenvalue weighted by Gasteiger charge is 2.22. The monoisotopic (exact) mass is 248 g/mol. The molecule has 100 valence electrons. The van der Waals surface area contributed by atoms with Crippen LogP contribution < -0.4 is 5.73 Å². The van der Waals surface area contributed by atoms with Crippen LogP contribution >= 0.6 is 0 Å². The maximum absolute atomic E-state index is 6.22. The third kappa shape index (κ3) is 3.80. The van der Waals surface area contributed by atoms with Crippen molar-refractivity contribution in [1.82, 2.24) is 4.90 Å². The highest BCUT2D eigenvalue weighted by Crippen LogP contribution is 2.19. The van der Waals surface area contributed by atoms with Gasteiger partial charge in [-0.05, 0) is 37.4 Å². The molecule has 1 heterocycles. The predicted octanol–water partition coefficient (Wildman–Crippen LogP) is 2.04. The Bertz CT molecular complexity index is 342. The number of methoxy groups -OCH3 is 1. The average Bonchev–Trinajstić information content (AvgIpc) is 2.85. The second kappa shape index (κ2) is 6.88. The van der Waals surface area contributed by atoms with Gasteiger partial charge >= 0.3 is 0 Å². The van der Waals surface area contributed by atoms with Crippen molar-refractivity contribution in [2.75, 3.05) is 33.4 Å². The lowest BCUT2D eigenvalue weighted by atomic mass is 10.0. The molecule has 0 saturated carbocycles. The zero-order valence-electron chi connectivity index (χ0n) is 11.2. The molecular weight excluding hydrogens is 224 g/mol. The Balaban J connectivity index is 1.72. The Morgan fingerprint density at radius 1 is 1.39 bits per heavy atom. The van der Waals surface area contributed by atoms with E-state index in [0.29, 0.717) is 5.92 Å². The van der Waals surface area contributed by atoms with E-state index in [1.165, 1.54) is 18.5 Å². The lowest BCUT2D eigenvalue weighted by Crippen LogP contribution is -2.26. The average molecular weight is 248 g/mol. The molecule has 2 N–H and O–H groups in total. The lowest BCUT2D eigenvalue weighted by molar-refractivity contribution is 0.153. The molecule has 18 heavy (non-hydrogen) atoms. The van der Waals surface area contributed by atoms with Crippen LogP contribution in [0.4, 0.5) is 0 Å². The summed E-state index contributed by atoms with van der Waals surface area (Å²) in [7, 11) is 1.79. The van der Waals surface area contributed by atoms with Crippen LogP contribution in [0.3, 0.4) is 0 Å². The number of likely N-dealkylation sites (tertiary alicyclic amines) is 1. The molecule has 0 aliphatic carbocycles. The number of rotatable bonds is 6. The van der Waals surface area contributed by atoms with Gasteiger partial charge < -0.3 is 15.4 Å². The van der Waals surface area contributed by atoms with Crippen molar-refractivity contribution in [1.29, 1.82) is 0 Å². The molecule has 2 atom stereocenters. The minimum absolute atomic E-state index is 0.160. The Hall–Kier alpha value is -0.900. The predicted molar refractivity (Wildman–Crippen MR) is 74.4 cm³/mol. The molecular formula is C15H24N2O. The summed E-state index contributed by atoms with van der Waals surface area (Å²) in [6, 6.07) is 10.5. The first kappa shape index (κ1) is 13.5. The van der Waals surface area contributed by atoms with Crippen LogP contribution in [-0.4, -0.2) is 38.3 Å². The highest BCUT2D eigenvalue weighted by atomic mass is 16.5. The van der Waals surface area contributed by atoms with Gasteiger partial charge in [0.25, 0.3) is 0 Å². The van der Waals surface area contributed by atoms with E-state index in [2.05, 4.69) is 29.2 Å². The standard InChI is InChI=1S/C15H24N2O/c1-18-12-13-7-9-17(11-13)10-8-15(16)14-5-3-2-4-6-14/h2-6,13,15H,7-12,16H2,1H3. The summed E-state index contributed by atoms with van der Waals surface area (Å²) < 4.78 is 5.22. The van der Waals surface area contributed by atoms with Crippen LogP contribution in [0.1, 0.15) is 24.4 Å². The van der Waals surface area contributed by atoms with Crippen molar-refractivity contribution in [3.05, 3.63) is 35.9 Å². The first-order chi connectivity index (χ1) is 8.79. The van der Waals surface area contributed by atoms with E-state index in [0.717, 1.165) is 26.1 Å². The Kier molecular flexibility index (Phi) is 5.17. The van der Waals surface area contributed by atoms with E-state index >= 15 is 0 Å². The summed E-state index contributed by atoms with van der Waals surface area (Å²) in [4.78, 5) is 2.51. The minimum Gasteiger partial charge on any atom is -0.384 e. The molecule has 1 aromatic carbocycles. The zero-order valence-corrected chi connectivity index (χ0v) is 11.2. The molecule has 3 heteroatoms. The molecule has 2 rings (SSSR count). The van der Waals surface area contributed by atoms with E-state index in [4.69, 9.17) is 10.5 Å². The van der Waals surface area contributed by atoms with Crippen molar-refractivity contribution in [2.45, 2.75) is 18.9 Å². The number of nitrogens with zero attached hydrogens (tertiary/aromatic N) is 1. The van der Waals surface area contributed by atoms with Crippen molar-refractivity contribution < 1.29 is 4.74 Å². The van der Waals surface area contributed by atoms with Crippen molar-refractivity contribution >= 4 is 0 Å². The van der Waals surface area contributed by atoms with E-state index < -0.39 is 0 Å². The Morgan fingerprint density at radius 2 is 2.17 bits per heavy atom. The topological polar surface area (TPSA) is 38.5 Å². The largest absolute Gasteiger partial charge is 0.384 e. The van der Waals surface area contributed by atoms with Gasteiger partial charge in [-0.25, -0.2) is 0 Å². The highest BCUT2D eigenvalue weighted by molar-refractivity contribution is 5.18. The van der Waals surface area contributed by atoms with E-state index in [1.54, 1.807) is 7.11 Å². The van der Waals surface area contributed by atoms with Crippen molar-refractivity contribution in [2.24, 2.45) is 11.7 Å². The van der Waals surface area contributed by atoms with Crippen LogP contribution in [0.2, 0.25) is 0 Å². The molecule has 2 unspecified atom stereocenters. The normalized spacial score (nSPS) is 22.2. The van der Waals surface area contributed by atoms with Gasteiger partial charge in [-0.1, -0.05) is 30.3 Å². The van der Waals surface area contributed by atoms with Gasteiger partial charge in [-0.15, -0.1) is 0 Å². The SMILES string of the molecule is COCC1CCN(CCC(N)c2ccccc2)C1.